The van der Waals surface area contributed by atoms with Crippen LogP contribution in [0.5, 0.6) is 0 Å². The molecule has 1 aromatic rings. The predicted octanol–water partition coefficient (Wildman–Crippen LogP) is 2.81. The third-order valence-electron chi connectivity index (χ3n) is 4.04. The molecule has 3 heterocycles. The Bertz CT molecular complexity index is 451. The van der Waals surface area contributed by atoms with Gasteiger partial charge in [0.25, 0.3) is 0 Å². The van der Waals surface area contributed by atoms with Gasteiger partial charge in [0.15, 0.2) is 5.16 Å². The van der Waals surface area contributed by atoms with E-state index in [0.29, 0.717) is 12.0 Å². The smallest absolute Gasteiger partial charge is 0.228 e. The second-order valence-electron chi connectivity index (χ2n) is 6.43. The van der Waals surface area contributed by atoms with Crippen molar-refractivity contribution in [3.63, 3.8) is 0 Å². The summed E-state index contributed by atoms with van der Waals surface area (Å²) in [6.07, 6.45) is 5.20. The lowest BCUT2D eigenvalue weighted by molar-refractivity contribution is 0.0952. The van der Waals surface area contributed by atoms with E-state index in [1.54, 1.807) is 0 Å². The molecule has 2 fully saturated rings. The first-order valence-corrected chi connectivity index (χ1v) is 9.15. The lowest BCUT2D eigenvalue weighted by atomic mass is 10.2. The average molecular weight is 310 g/mol. The highest BCUT2D eigenvalue weighted by Gasteiger charge is 2.25. The van der Waals surface area contributed by atoms with Crippen molar-refractivity contribution in [3.8, 4) is 0 Å². The van der Waals surface area contributed by atoms with Crippen LogP contribution in [0.2, 0.25) is 0 Å². The molecule has 2 saturated heterocycles. The molecule has 0 aromatic carbocycles. The monoisotopic (exact) mass is 310 g/mol. The summed E-state index contributed by atoms with van der Waals surface area (Å²) in [6.45, 7) is 8.51. The van der Waals surface area contributed by atoms with Crippen molar-refractivity contribution in [1.29, 1.82) is 0 Å². The number of nitrogens with zero attached hydrogens (tertiary/aromatic N) is 4. The summed E-state index contributed by atoms with van der Waals surface area (Å²) < 4.78 is 8.12. The van der Waals surface area contributed by atoms with E-state index in [-0.39, 0.29) is 0 Å². The van der Waals surface area contributed by atoms with Crippen LogP contribution in [-0.2, 0) is 11.3 Å². The fraction of sp³-hybridized carbons (Fsp3) is 0.867. The Kier molecular flexibility index (Phi) is 5.06. The van der Waals surface area contributed by atoms with Crippen LogP contribution in [0.4, 0.5) is 5.95 Å². The van der Waals surface area contributed by atoms with Crippen LogP contribution in [0.1, 0.15) is 39.5 Å². The molecule has 118 valence electrons. The van der Waals surface area contributed by atoms with E-state index in [4.69, 9.17) is 4.74 Å². The first-order valence-electron chi connectivity index (χ1n) is 8.16. The van der Waals surface area contributed by atoms with Gasteiger partial charge < -0.3 is 9.64 Å². The van der Waals surface area contributed by atoms with E-state index < -0.39 is 0 Å². The molecule has 1 atom stereocenters. The molecule has 3 rings (SSSR count). The zero-order valence-corrected chi connectivity index (χ0v) is 13.9. The molecule has 0 saturated carbocycles. The zero-order valence-electron chi connectivity index (χ0n) is 13.1. The van der Waals surface area contributed by atoms with Gasteiger partial charge in [0, 0.05) is 25.4 Å². The minimum absolute atomic E-state index is 0.334. The van der Waals surface area contributed by atoms with E-state index in [9.17, 15) is 0 Å². The van der Waals surface area contributed by atoms with Crippen LogP contribution in [0.3, 0.4) is 0 Å². The Morgan fingerprint density at radius 1 is 1.24 bits per heavy atom. The fourth-order valence-electron chi connectivity index (χ4n) is 2.93. The maximum absolute atomic E-state index is 5.82. The molecule has 0 aliphatic carbocycles. The summed E-state index contributed by atoms with van der Waals surface area (Å²) in [6, 6.07) is 0. The van der Waals surface area contributed by atoms with Gasteiger partial charge in [-0.05, 0) is 31.6 Å². The Labute approximate surface area is 131 Å². The van der Waals surface area contributed by atoms with E-state index in [1.165, 1.54) is 19.3 Å². The summed E-state index contributed by atoms with van der Waals surface area (Å²) in [5.41, 5.74) is 0. The number of hydrogen-bond donors (Lipinski definition) is 0. The summed E-state index contributed by atoms with van der Waals surface area (Å²) in [7, 11) is 0. The van der Waals surface area contributed by atoms with Crippen LogP contribution in [0.25, 0.3) is 0 Å². The molecule has 0 N–H and O–H groups in total. The van der Waals surface area contributed by atoms with Gasteiger partial charge in [-0.2, -0.15) is 0 Å². The first kappa shape index (κ1) is 15.2. The molecular weight excluding hydrogens is 284 g/mol. The second kappa shape index (κ2) is 7.01. The normalized spacial score (nSPS) is 22.6. The van der Waals surface area contributed by atoms with Crippen LogP contribution >= 0.6 is 11.8 Å². The van der Waals surface area contributed by atoms with Crippen molar-refractivity contribution in [2.45, 2.75) is 57.3 Å². The average Bonchev–Trinajstić information content (AvgIpc) is 3.18. The van der Waals surface area contributed by atoms with E-state index in [0.717, 1.165) is 49.5 Å². The molecule has 5 nitrogen and oxygen atoms in total. The van der Waals surface area contributed by atoms with Gasteiger partial charge in [-0.1, -0.05) is 25.6 Å². The quantitative estimate of drug-likeness (QED) is 0.756. The Balaban J connectivity index is 1.77. The zero-order chi connectivity index (χ0) is 14.7. The fourth-order valence-corrected chi connectivity index (χ4v) is 3.82. The van der Waals surface area contributed by atoms with Crippen LogP contribution in [-0.4, -0.2) is 46.3 Å². The van der Waals surface area contributed by atoms with Gasteiger partial charge in [-0.3, -0.25) is 4.57 Å². The van der Waals surface area contributed by atoms with Crippen molar-refractivity contribution in [3.05, 3.63) is 0 Å². The first-order chi connectivity index (χ1) is 10.2. The number of anilines is 1. The van der Waals surface area contributed by atoms with Crippen LogP contribution < -0.4 is 4.90 Å². The number of hydrogen-bond acceptors (Lipinski definition) is 5. The van der Waals surface area contributed by atoms with Crippen molar-refractivity contribution in [2.24, 2.45) is 5.92 Å². The van der Waals surface area contributed by atoms with Gasteiger partial charge in [-0.25, -0.2) is 0 Å². The Morgan fingerprint density at radius 3 is 2.71 bits per heavy atom. The van der Waals surface area contributed by atoms with E-state index in [1.807, 2.05) is 11.8 Å². The topological polar surface area (TPSA) is 43.2 Å². The molecule has 1 aromatic heterocycles. The van der Waals surface area contributed by atoms with Crippen molar-refractivity contribution in [1.82, 2.24) is 14.8 Å². The van der Waals surface area contributed by atoms with Crippen molar-refractivity contribution < 1.29 is 4.74 Å². The molecule has 6 heteroatoms. The standard InChI is InChI=1S/C15H26N4OS/c1-12(2)11-21-15-17-16-14(18-7-3-4-8-18)19(15)10-13-6-5-9-20-13/h12-13H,3-11H2,1-2H3/t13-/m0/s1. The molecule has 0 amide bonds. The maximum atomic E-state index is 5.82. The number of rotatable bonds is 6. The minimum atomic E-state index is 0.334. The highest BCUT2D eigenvalue weighted by Crippen LogP contribution is 2.27. The molecule has 21 heavy (non-hydrogen) atoms. The lowest BCUT2D eigenvalue weighted by Crippen LogP contribution is -2.25. The highest BCUT2D eigenvalue weighted by atomic mass is 32.2. The molecule has 2 aliphatic rings. The van der Waals surface area contributed by atoms with Crippen LogP contribution in [0.15, 0.2) is 5.16 Å². The van der Waals surface area contributed by atoms with Gasteiger partial charge in [0.05, 0.1) is 12.6 Å². The van der Waals surface area contributed by atoms with Gasteiger partial charge in [-0.15, -0.1) is 10.2 Å². The second-order valence-corrected chi connectivity index (χ2v) is 7.41. The van der Waals surface area contributed by atoms with Crippen molar-refractivity contribution in [2.75, 3.05) is 30.3 Å². The Morgan fingerprint density at radius 2 is 2.05 bits per heavy atom. The number of ether oxygens (including phenoxy) is 1. The van der Waals surface area contributed by atoms with Crippen LogP contribution in [0, 0.1) is 5.92 Å². The van der Waals surface area contributed by atoms with Gasteiger partial charge in [0.2, 0.25) is 5.95 Å². The number of thioether (sulfide) groups is 1. The molecule has 0 radical (unpaired) electrons. The molecule has 2 aliphatic heterocycles. The minimum Gasteiger partial charge on any atom is -0.376 e. The SMILES string of the molecule is CC(C)CSc1nnc(N2CCCC2)n1C[C@@H]1CCCO1. The number of aromatic nitrogens is 3. The third-order valence-corrected chi connectivity index (χ3v) is 5.44. The highest BCUT2D eigenvalue weighted by molar-refractivity contribution is 7.99. The summed E-state index contributed by atoms with van der Waals surface area (Å²) >= 11 is 1.83. The summed E-state index contributed by atoms with van der Waals surface area (Å²) in [5, 5.41) is 9.99. The van der Waals surface area contributed by atoms with E-state index in [2.05, 4.69) is 33.5 Å². The Hall–Kier alpha value is -0.750. The molecular formula is C15H26N4OS. The molecule has 0 bridgehead atoms. The lowest BCUT2D eigenvalue weighted by Gasteiger charge is -2.20. The van der Waals surface area contributed by atoms with E-state index >= 15 is 0 Å². The summed E-state index contributed by atoms with van der Waals surface area (Å²) in [5.74, 6) is 2.80. The third kappa shape index (κ3) is 3.72. The predicted molar refractivity (Wildman–Crippen MR) is 86.0 cm³/mol. The molecule has 0 spiro atoms. The largest absolute Gasteiger partial charge is 0.376 e. The maximum Gasteiger partial charge on any atom is 0.228 e. The van der Waals surface area contributed by atoms with Gasteiger partial charge >= 0.3 is 0 Å². The molecule has 0 unspecified atom stereocenters. The van der Waals surface area contributed by atoms with Crippen molar-refractivity contribution >= 4 is 17.7 Å². The van der Waals surface area contributed by atoms with Gasteiger partial charge in [0.1, 0.15) is 0 Å². The summed E-state index contributed by atoms with van der Waals surface area (Å²) in [4.78, 5) is 2.38.